The highest BCUT2D eigenvalue weighted by Gasteiger charge is 2.07. The Balaban J connectivity index is 1.82. The fourth-order valence-corrected chi connectivity index (χ4v) is 2.77. The standard InChI is InChI=1S/C15H12N4O2S/c1-10(11-5-4-6-12(9-11)19(20)21)17-18-15-16-13-7-2-3-8-14(13)22-15/h2-9H,1H3,(H,16,18)/b17-10-. The third kappa shape index (κ3) is 2.94. The molecule has 0 bridgehead atoms. The Bertz CT molecular complexity index is 840. The Morgan fingerprint density at radius 1 is 1.27 bits per heavy atom. The van der Waals surface area contributed by atoms with E-state index in [2.05, 4.69) is 15.5 Å². The molecule has 0 unspecified atom stereocenters. The van der Waals surface area contributed by atoms with Crippen LogP contribution in [0.25, 0.3) is 10.2 Å². The molecule has 2 aromatic carbocycles. The van der Waals surface area contributed by atoms with Crippen molar-refractivity contribution in [2.24, 2.45) is 5.10 Å². The van der Waals surface area contributed by atoms with Gasteiger partial charge in [0.05, 0.1) is 20.9 Å². The van der Waals surface area contributed by atoms with Gasteiger partial charge in [-0.25, -0.2) is 4.98 Å². The number of hydrogen-bond donors (Lipinski definition) is 1. The van der Waals surface area contributed by atoms with Crippen LogP contribution >= 0.6 is 11.3 Å². The lowest BCUT2D eigenvalue weighted by Gasteiger charge is -2.01. The maximum Gasteiger partial charge on any atom is 0.270 e. The van der Waals surface area contributed by atoms with Gasteiger partial charge in [-0.15, -0.1) is 0 Å². The summed E-state index contributed by atoms with van der Waals surface area (Å²) < 4.78 is 1.08. The molecule has 22 heavy (non-hydrogen) atoms. The van der Waals surface area contributed by atoms with Crippen molar-refractivity contribution in [2.75, 3.05) is 5.43 Å². The van der Waals surface area contributed by atoms with Crippen LogP contribution in [0.5, 0.6) is 0 Å². The zero-order valence-corrected chi connectivity index (χ0v) is 12.5. The van der Waals surface area contributed by atoms with Crippen molar-refractivity contribution in [2.45, 2.75) is 6.92 Å². The summed E-state index contributed by atoms with van der Waals surface area (Å²) in [6.07, 6.45) is 0. The molecule has 0 radical (unpaired) electrons. The number of hydrogen-bond acceptors (Lipinski definition) is 6. The van der Waals surface area contributed by atoms with Gasteiger partial charge in [0.2, 0.25) is 5.13 Å². The zero-order chi connectivity index (χ0) is 15.5. The van der Waals surface area contributed by atoms with Crippen LogP contribution in [0.1, 0.15) is 12.5 Å². The highest BCUT2D eigenvalue weighted by atomic mass is 32.1. The lowest BCUT2D eigenvalue weighted by Crippen LogP contribution is -2.00. The van der Waals surface area contributed by atoms with E-state index in [1.54, 1.807) is 19.1 Å². The number of nitrogens with one attached hydrogen (secondary N) is 1. The van der Waals surface area contributed by atoms with Gasteiger partial charge in [0, 0.05) is 17.7 Å². The summed E-state index contributed by atoms with van der Waals surface area (Å²) in [5.41, 5.74) is 5.22. The van der Waals surface area contributed by atoms with Gasteiger partial charge in [-0.05, 0) is 19.1 Å². The molecule has 0 saturated carbocycles. The molecule has 3 aromatic rings. The molecule has 0 fully saturated rings. The van der Waals surface area contributed by atoms with Crippen molar-refractivity contribution in [3.8, 4) is 0 Å². The highest BCUT2D eigenvalue weighted by molar-refractivity contribution is 7.22. The molecule has 1 N–H and O–H groups in total. The topological polar surface area (TPSA) is 80.4 Å². The first-order valence-corrected chi connectivity index (χ1v) is 7.36. The van der Waals surface area contributed by atoms with Gasteiger partial charge in [0.1, 0.15) is 0 Å². The third-order valence-corrected chi connectivity index (χ3v) is 4.03. The minimum absolute atomic E-state index is 0.0482. The van der Waals surface area contributed by atoms with Crippen LogP contribution in [0.3, 0.4) is 0 Å². The Labute approximate surface area is 130 Å². The fraction of sp³-hybridized carbons (Fsp3) is 0.0667. The van der Waals surface area contributed by atoms with E-state index in [9.17, 15) is 10.1 Å². The van der Waals surface area contributed by atoms with Crippen LogP contribution in [-0.4, -0.2) is 15.6 Å². The van der Waals surface area contributed by atoms with Gasteiger partial charge in [-0.3, -0.25) is 15.5 Å². The average Bonchev–Trinajstić information content (AvgIpc) is 2.95. The van der Waals surface area contributed by atoms with Gasteiger partial charge >= 0.3 is 0 Å². The van der Waals surface area contributed by atoms with Crippen LogP contribution < -0.4 is 5.43 Å². The molecule has 3 rings (SSSR count). The molecule has 7 heteroatoms. The van der Waals surface area contributed by atoms with E-state index in [-0.39, 0.29) is 5.69 Å². The Morgan fingerprint density at radius 2 is 2.09 bits per heavy atom. The van der Waals surface area contributed by atoms with Crippen LogP contribution in [0, 0.1) is 10.1 Å². The fourth-order valence-electron chi connectivity index (χ4n) is 1.96. The van der Waals surface area contributed by atoms with Crippen molar-refractivity contribution in [3.05, 3.63) is 64.2 Å². The highest BCUT2D eigenvalue weighted by Crippen LogP contribution is 2.25. The van der Waals surface area contributed by atoms with E-state index in [0.717, 1.165) is 10.2 Å². The summed E-state index contributed by atoms with van der Waals surface area (Å²) in [4.78, 5) is 14.8. The van der Waals surface area contributed by atoms with E-state index in [4.69, 9.17) is 0 Å². The first kappa shape index (κ1) is 14.2. The largest absolute Gasteiger partial charge is 0.270 e. The van der Waals surface area contributed by atoms with E-state index in [1.165, 1.54) is 23.5 Å². The Hall–Kier alpha value is -2.80. The number of nitrogens with zero attached hydrogens (tertiary/aromatic N) is 3. The van der Waals surface area contributed by atoms with E-state index in [0.29, 0.717) is 16.4 Å². The van der Waals surface area contributed by atoms with Gasteiger partial charge in [-0.2, -0.15) is 5.10 Å². The molecule has 6 nitrogen and oxygen atoms in total. The third-order valence-electron chi connectivity index (χ3n) is 3.09. The van der Waals surface area contributed by atoms with Gasteiger partial charge in [0.15, 0.2) is 0 Å². The van der Waals surface area contributed by atoms with Gasteiger partial charge in [0.25, 0.3) is 5.69 Å². The van der Waals surface area contributed by atoms with Gasteiger partial charge < -0.3 is 0 Å². The molecule has 0 aliphatic carbocycles. The van der Waals surface area contributed by atoms with E-state index >= 15 is 0 Å². The summed E-state index contributed by atoms with van der Waals surface area (Å²) in [6, 6.07) is 14.2. The molecule has 110 valence electrons. The number of hydrazone groups is 1. The summed E-state index contributed by atoms with van der Waals surface area (Å²) in [5.74, 6) is 0. The number of rotatable bonds is 4. The minimum Gasteiger partial charge on any atom is -0.258 e. The van der Waals surface area contributed by atoms with Crippen molar-refractivity contribution >= 4 is 38.1 Å². The quantitative estimate of drug-likeness (QED) is 0.448. The Kier molecular flexibility index (Phi) is 3.80. The molecule has 1 heterocycles. The first-order valence-electron chi connectivity index (χ1n) is 6.54. The number of nitro groups is 1. The van der Waals surface area contributed by atoms with E-state index < -0.39 is 4.92 Å². The van der Waals surface area contributed by atoms with Gasteiger partial charge in [-0.1, -0.05) is 35.6 Å². The molecule has 0 saturated heterocycles. The smallest absolute Gasteiger partial charge is 0.258 e. The lowest BCUT2D eigenvalue weighted by atomic mass is 10.1. The average molecular weight is 312 g/mol. The number of para-hydroxylation sites is 1. The lowest BCUT2D eigenvalue weighted by molar-refractivity contribution is -0.384. The van der Waals surface area contributed by atoms with Crippen molar-refractivity contribution in [1.82, 2.24) is 4.98 Å². The Morgan fingerprint density at radius 3 is 2.86 bits per heavy atom. The molecular formula is C15H12N4O2S. The molecular weight excluding hydrogens is 300 g/mol. The second kappa shape index (κ2) is 5.90. The first-order chi connectivity index (χ1) is 10.6. The number of benzene rings is 2. The van der Waals surface area contributed by atoms with Crippen LogP contribution in [0.15, 0.2) is 53.6 Å². The number of fused-ring (bicyclic) bond motifs is 1. The zero-order valence-electron chi connectivity index (χ0n) is 11.7. The molecule has 0 amide bonds. The van der Waals surface area contributed by atoms with Crippen molar-refractivity contribution < 1.29 is 4.92 Å². The summed E-state index contributed by atoms with van der Waals surface area (Å²) in [7, 11) is 0. The number of non-ortho nitro benzene ring substituents is 1. The maximum absolute atomic E-state index is 10.8. The van der Waals surface area contributed by atoms with Crippen LogP contribution in [-0.2, 0) is 0 Å². The van der Waals surface area contributed by atoms with E-state index in [1.807, 2.05) is 24.3 Å². The van der Waals surface area contributed by atoms with Crippen LogP contribution in [0.4, 0.5) is 10.8 Å². The predicted molar refractivity (Wildman–Crippen MR) is 88.6 cm³/mol. The normalized spacial score (nSPS) is 11.6. The number of nitro benzene ring substituents is 1. The number of aromatic nitrogens is 1. The maximum atomic E-state index is 10.8. The van der Waals surface area contributed by atoms with Crippen molar-refractivity contribution in [1.29, 1.82) is 0 Å². The molecule has 0 atom stereocenters. The summed E-state index contributed by atoms with van der Waals surface area (Å²) in [5, 5.41) is 15.7. The van der Waals surface area contributed by atoms with Crippen molar-refractivity contribution in [3.63, 3.8) is 0 Å². The second-order valence-electron chi connectivity index (χ2n) is 4.60. The molecule has 0 aliphatic heterocycles. The number of anilines is 1. The minimum atomic E-state index is -0.419. The molecule has 1 aromatic heterocycles. The molecule has 0 aliphatic rings. The summed E-state index contributed by atoms with van der Waals surface area (Å²) in [6.45, 7) is 1.79. The monoisotopic (exact) mass is 312 g/mol. The SMILES string of the molecule is C/C(=N/Nc1nc2ccccc2s1)c1cccc([N+](=O)[O-])c1. The number of thiazole rings is 1. The molecule has 0 spiro atoms. The second-order valence-corrected chi connectivity index (χ2v) is 5.63. The van der Waals surface area contributed by atoms with Crippen LogP contribution in [0.2, 0.25) is 0 Å². The predicted octanol–water partition coefficient (Wildman–Crippen LogP) is 4.04. The summed E-state index contributed by atoms with van der Waals surface area (Å²) >= 11 is 1.50.